The molecule has 0 aliphatic rings. The molecule has 2 aromatic carbocycles. The number of nitrogens with zero attached hydrogens (tertiary/aromatic N) is 3. The molecule has 0 aliphatic heterocycles. The van der Waals surface area contributed by atoms with E-state index in [2.05, 4.69) is 41.9 Å². The van der Waals surface area contributed by atoms with Crippen LogP contribution in [0, 0.1) is 0 Å². The van der Waals surface area contributed by atoms with Gasteiger partial charge in [0.05, 0.1) is 24.2 Å². The fraction of sp³-hybridized carbons (Fsp3) is 0.211. The molecule has 0 saturated carbocycles. The van der Waals surface area contributed by atoms with Crippen LogP contribution in [-0.4, -0.2) is 28.1 Å². The Balaban J connectivity index is 2.22. The molecule has 9 heteroatoms. The molecule has 3 rings (SSSR count). The van der Waals surface area contributed by atoms with Gasteiger partial charge in [0.2, 0.25) is 0 Å². The van der Waals surface area contributed by atoms with Crippen LogP contribution in [0.4, 0.5) is 0 Å². The number of aromatic nitrogens is 2. The lowest BCUT2D eigenvalue weighted by Crippen LogP contribution is -2.23. The molecule has 3 aromatic rings. The summed E-state index contributed by atoms with van der Waals surface area (Å²) in [7, 11) is 1.42. The molecule has 0 aliphatic carbocycles. The summed E-state index contributed by atoms with van der Waals surface area (Å²) in [5, 5.41) is 14.9. The predicted octanol–water partition coefficient (Wildman–Crippen LogP) is 5.29. The molecular formula is C19H16Br2ClN3O3. The highest BCUT2D eigenvalue weighted by molar-refractivity contribution is 9.10. The molecule has 0 amide bonds. The van der Waals surface area contributed by atoms with E-state index in [0.717, 1.165) is 4.47 Å². The maximum absolute atomic E-state index is 13.0. The second-order valence-corrected chi connectivity index (χ2v) is 8.38. The molecule has 0 unspecified atom stereocenters. The number of rotatable bonds is 4. The van der Waals surface area contributed by atoms with Crippen LogP contribution < -0.4 is 10.3 Å². The highest BCUT2D eigenvalue weighted by atomic mass is 79.9. The monoisotopic (exact) mass is 527 g/mol. The number of methoxy groups -OCH3 is 1. The summed E-state index contributed by atoms with van der Waals surface area (Å²) in [6.07, 6.45) is 1.47. The van der Waals surface area contributed by atoms with Gasteiger partial charge >= 0.3 is 0 Å². The van der Waals surface area contributed by atoms with Crippen LogP contribution in [0.2, 0.25) is 5.02 Å². The van der Waals surface area contributed by atoms with Gasteiger partial charge in [0.25, 0.3) is 5.56 Å². The Morgan fingerprint density at radius 3 is 2.68 bits per heavy atom. The van der Waals surface area contributed by atoms with E-state index in [1.807, 2.05) is 19.9 Å². The van der Waals surface area contributed by atoms with Crippen molar-refractivity contribution in [3.8, 4) is 11.5 Å². The van der Waals surface area contributed by atoms with Crippen LogP contribution >= 0.6 is 43.5 Å². The minimum atomic E-state index is -0.279. The molecule has 6 nitrogen and oxygen atoms in total. The first-order valence-corrected chi connectivity index (χ1v) is 10.2. The van der Waals surface area contributed by atoms with Crippen LogP contribution in [0.3, 0.4) is 0 Å². The van der Waals surface area contributed by atoms with Crippen LogP contribution in [0.15, 0.2) is 43.1 Å². The van der Waals surface area contributed by atoms with Gasteiger partial charge in [-0.15, -0.1) is 0 Å². The van der Waals surface area contributed by atoms with Gasteiger partial charge in [-0.2, -0.15) is 9.78 Å². The minimum absolute atomic E-state index is 0.0284. The van der Waals surface area contributed by atoms with E-state index < -0.39 is 0 Å². The van der Waals surface area contributed by atoms with Crippen molar-refractivity contribution in [3.05, 3.63) is 60.0 Å². The molecule has 0 bridgehead atoms. The minimum Gasteiger partial charge on any atom is -0.503 e. The summed E-state index contributed by atoms with van der Waals surface area (Å²) < 4.78 is 7.62. The molecule has 1 N–H and O–H groups in total. The van der Waals surface area contributed by atoms with Crippen LogP contribution in [0.5, 0.6) is 11.5 Å². The van der Waals surface area contributed by atoms with Gasteiger partial charge in [0, 0.05) is 20.4 Å². The Labute approximate surface area is 183 Å². The number of hydrogen-bond acceptors (Lipinski definition) is 5. The number of halogens is 3. The first-order valence-electron chi connectivity index (χ1n) is 8.26. The Kier molecular flexibility index (Phi) is 6.12. The maximum atomic E-state index is 13.0. The zero-order valence-electron chi connectivity index (χ0n) is 15.2. The smallest absolute Gasteiger partial charge is 0.282 e. The number of phenolic OH excluding ortho intramolecular Hbond substituents is 1. The molecule has 0 atom stereocenters. The molecule has 1 aromatic heterocycles. The topological polar surface area (TPSA) is 76.7 Å². The third kappa shape index (κ3) is 3.81. The third-order valence-electron chi connectivity index (χ3n) is 4.06. The molecule has 28 heavy (non-hydrogen) atoms. The summed E-state index contributed by atoms with van der Waals surface area (Å²) in [5.41, 5.74) is 0.869. The van der Waals surface area contributed by atoms with Gasteiger partial charge in [0.1, 0.15) is 10.8 Å². The molecular weight excluding hydrogens is 513 g/mol. The molecule has 0 spiro atoms. The maximum Gasteiger partial charge on any atom is 0.282 e. The number of fused-ring (bicyclic) bond motifs is 1. The lowest BCUT2D eigenvalue weighted by Gasteiger charge is -2.12. The van der Waals surface area contributed by atoms with E-state index in [0.29, 0.717) is 26.8 Å². The molecule has 1 heterocycles. The largest absolute Gasteiger partial charge is 0.503 e. The number of aromatic hydroxyl groups is 1. The zero-order valence-corrected chi connectivity index (χ0v) is 19.1. The van der Waals surface area contributed by atoms with Gasteiger partial charge in [-0.05, 0) is 40.2 Å². The predicted molar refractivity (Wildman–Crippen MR) is 118 cm³/mol. The van der Waals surface area contributed by atoms with Gasteiger partial charge in [-0.25, -0.2) is 4.98 Å². The fourth-order valence-electron chi connectivity index (χ4n) is 2.63. The Morgan fingerprint density at radius 2 is 2.04 bits per heavy atom. The average Bonchev–Trinajstić information content (AvgIpc) is 2.67. The first kappa shape index (κ1) is 20.8. The standard InChI is InChI=1S/C19H16Br2ClN3O3/c1-9(2)18-24-13-5-4-11(20)7-12(13)19(27)25(18)23-8-10-6-14(28-3)17(26)16(22)15(10)21/h4-9,26H,1-3H3. The number of ether oxygens (including phenoxy) is 1. The lowest BCUT2D eigenvalue weighted by atomic mass is 10.2. The Bertz CT molecular complexity index is 1160. The third-order valence-corrected chi connectivity index (χ3v) is 6.00. The van der Waals surface area contributed by atoms with Crippen molar-refractivity contribution < 1.29 is 9.84 Å². The lowest BCUT2D eigenvalue weighted by molar-refractivity contribution is 0.373. The Hall–Kier alpha value is -1.90. The van der Waals surface area contributed by atoms with E-state index in [4.69, 9.17) is 16.3 Å². The van der Waals surface area contributed by atoms with Crippen LogP contribution in [0.1, 0.15) is 31.2 Å². The van der Waals surface area contributed by atoms with E-state index >= 15 is 0 Å². The average molecular weight is 530 g/mol. The highest BCUT2D eigenvalue weighted by Crippen LogP contribution is 2.40. The van der Waals surface area contributed by atoms with Gasteiger partial charge in [-0.1, -0.05) is 41.4 Å². The summed E-state index contributed by atoms with van der Waals surface area (Å²) >= 11 is 12.8. The second kappa shape index (κ2) is 8.23. The van der Waals surface area contributed by atoms with E-state index in [9.17, 15) is 9.90 Å². The van der Waals surface area contributed by atoms with Gasteiger partial charge in [0.15, 0.2) is 11.5 Å². The molecule has 0 radical (unpaired) electrons. The summed E-state index contributed by atoms with van der Waals surface area (Å²) in [6, 6.07) is 6.92. The van der Waals surface area contributed by atoms with Crippen LogP contribution in [-0.2, 0) is 0 Å². The number of phenols is 1. The SMILES string of the molecule is COc1cc(C=Nn2c(C(C)C)nc3ccc(Br)cc3c2=O)c(Br)c(Cl)c1O. The van der Waals surface area contributed by atoms with Gasteiger partial charge < -0.3 is 9.84 Å². The molecule has 146 valence electrons. The van der Waals surface area contributed by atoms with Crippen molar-refractivity contribution in [1.29, 1.82) is 0 Å². The molecule has 0 fully saturated rings. The fourth-order valence-corrected chi connectivity index (χ4v) is 3.60. The van der Waals surface area contributed by atoms with Crippen molar-refractivity contribution in [2.24, 2.45) is 5.10 Å². The number of hydrogen-bond donors (Lipinski definition) is 1. The van der Waals surface area contributed by atoms with Crippen LogP contribution in [0.25, 0.3) is 10.9 Å². The molecule has 0 saturated heterocycles. The van der Waals surface area contributed by atoms with E-state index in [1.165, 1.54) is 18.0 Å². The van der Waals surface area contributed by atoms with Gasteiger partial charge in [-0.3, -0.25) is 4.79 Å². The summed E-state index contributed by atoms with van der Waals surface area (Å²) in [5.74, 6) is 0.528. The quantitative estimate of drug-likeness (QED) is 0.466. The van der Waals surface area contributed by atoms with Crippen molar-refractivity contribution in [2.75, 3.05) is 7.11 Å². The van der Waals surface area contributed by atoms with Crippen molar-refractivity contribution in [3.63, 3.8) is 0 Å². The highest BCUT2D eigenvalue weighted by Gasteiger charge is 2.16. The second-order valence-electron chi connectivity index (χ2n) is 6.29. The van der Waals surface area contributed by atoms with E-state index in [-0.39, 0.29) is 28.0 Å². The van der Waals surface area contributed by atoms with Crippen molar-refractivity contribution in [2.45, 2.75) is 19.8 Å². The van der Waals surface area contributed by atoms with Crippen molar-refractivity contribution in [1.82, 2.24) is 9.66 Å². The Morgan fingerprint density at radius 1 is 1.32 bits per heavy atom. The normalized spacial score (nSPS) is 11.7. The number of benzene rings is 2. The van der Waals surface area contributed by atoms with Crippen molar-refractivity contribution >= 4 is 60.6 Å². The summed E-state index contributed by atoms with van der Waals surface area (Å²) in [6.45, 7) is 3.88. The zero-order chi connectivity index (χ0) is 20.6. The van der Waals surface area contributed by atoms with E-state index in [1.54, 1.807) is 18.2 Å². The summed E-state index contributed by atoms with van der Waals surface area (Å²) in [4.78, 5) is 17.6. The first-order chi connectivity index (χ1) is 13.2.